The number of hydrogen-bond acceptors (Lipinski definition) is 8. The molecule has 4 aliphatic heterocycles. The maximum Gasteiger partial charge on any atom is 0.410 e. The summed E-state index contributed by atoms with van der Waals surface area (Å²) >= 11 is 0. The Morgan fingerprint density at radius 3 is 2.57 bits per heavy atom. The van der Waals surface area contributed by atoms with Crippen LogP contribution < -0.4 is 5.32 Å². The average Bonchev–Trinajstić information content (AvgIpc) is 3.81. The predicted molar refractivity (Wildman–Crippen MR) is 175 cm³/mol. The molecule has 4 fully saturated rings. The Bertz CT molecular complexity index is 1130. The van der Waals surface area contributed by atoms with E-state index in [1.54, 1.807) is 17.9 Å². The third-order valence-corrected chi connectivity index (χ3v) is 9.74. The van der Waals surface area contributed by atoms with Crippen LogP contribution >= 0.6 is 0 Å². The van der Waals surface area contributed by atoms with Crippen LogP contribution in [-0.2, 0) is 28.5 Å². The lowest BCUT2D eigenvalue weighted by molar-refractivity contribution is -0.144. The summed E-state index contributed by atoms with van der Waals surface area (Å²) in [6.07, 6.45) is 14.5. The molecule has 9 atom stereocenters. The topological polar surface area (TPSA) is 127 Å². The lowest BCUT2D eigenvalue weighted by atomic mass is 9.86. The third-order valence-electron chi connectivity index (χ3n) is 9.74. The quantitative estimate of drug-likeness (QED) is 0.160. The van der Waals surface area contributed by atoms with Crippen LogP contribution in [0.5, 0.6) is 0 Å². The molecule has 0 aromatic rings. The van der Waals surface area contributed by atoms with E-state index in [2.05, 4.69) is 25.2 Å². The third kappa shape index (κ3) is 10.5. The lowest BCUT2D eigenvalue weighted by Gasteiger charge is -2.39. The normalized spacial score (nSPS) is 34.2. The van der Waals surface area contributed by atoms with E-state index >= 15 is 0 Å². The van der Waals surface area contributed by atoms with E-state index in [1.165, 1.54) is 6.08 Å². The monoisotopic (exact) mass is 644 g/mol. The standard InChI is InChI=1S/C36H56N2O8/c1-6-7-11-28(39)21-29-22-36(23-43-36)34(41)32(46-29)16-13-24(2)12-15-31-25(3)20-30(27(5)45-31)37-33(40)17-14-26(4)44-35(42)38-18-9-8-10-19-38/h12-14,16-17,25-27,29-32,34,41H,6-11,15,18-23H2,1-5H3,(H,37,40)/b16-13+,17-14-,24-12+/t25-,26-,27+,29+,30+,31-,32+,34+,36+/m0/s1. The van der Waals surface area contributed by atoms with Crippen LogP contribution in [0.2, 0.25) is 0 Å². The Balaban J connectivity index is 1.21. The van der Waals surface area contributed by atoms with Gasteiger partial charge in [0.2, 0.25) is 5.91 Å². The van der Waals surface area contributed by atoms with Crippen molar-refractivity contribution in [3.63, 3.8) is 0 Å². The maximum atomic E-state index is 12.7. The molecule has 1 spiro atoms. The van der Waals surface area contributed by atoms with Crippen molar-refractivity contribution in [2.45, 2.75) is 147 Å². The second-order valence-electron chi connectivity index (χ2n) is 13.8. The summed E-state index contributed by atoms with van der Waals surface area (Å²) in [5.41, 5.74) is 0.434. The van der Waals surface area contributed by atoms with Crippen molar-refractivity contribution in [1.29, 1.82) is 0 Å². The van der Waals surface area contributed by atoms with Crippen molar-refractivity contribution in [1.82, 2.24) is 10.2 Å². The van der Waals surface area contributed by atoms with Crippen LogP contribution in [0, 0.1) is 5.92 Å². The number of nitrogens with zero attached hydrogens (tertiary/aromatic N) is 1. The van der Waals surface area contributed by atoms with Crippen LogP contribution in [0.3, 0.4) is 0 Å². The summed E-state index contributed by atoms with van der Waals surface area (Å²) in [5.74, 6) is 0.197. The zero-order valence-corrected chi connectivity index (χ0v) is 28.5. The van der Waals surface area contributed by atoms with Gasteiger partial charge in [0, 0.05) is 38.4 Å². The molecule has 10 nitrogen and oxygen atoms in total. The van der Waals surface area contributed by atoms with Crippen molar-refractivity contribution < 1.29 is 38.4 Å². The van der Waals surface area contributed by atoms with Gasteiger partial charge in [-0.3, -0.25) is 9.59 Å². The number of piperidine rings is 1. The molecular formula is C36H56N2O8. The number of hydrogen-bond donors (Lipinski definition) is 2. The van der Waals surface area contributed by atoms with Crippen LogP contribution in [0.1, 0.15) is 98.8 Å². The van der Waals surface area contributed by atoms with Gasteiger partial charge in [-0.1, -0.05) is 44.1 Å². The molecule has 0 unspecified atom stereocenters. The highest BCUT2D eigenvalue weighted by atomic mass is 16.6. The number of carbonyl (C=O) groups is 3. The number of ketones is 1. The van der Waals surface area contributed by atoms with Gasteiger partial charge in [-0.05, 0) is 71.3 Å². The van der Waals surface area contributed by atoms with Gasteiger partial charge >= 0.3 is 6.09 Å². The molecule has 2 amide bonds. The summed E-state index contributed by atoms with van der Waals surface area (Å²) in [7, 11) is 0. The van der Waals surface area contributed by atoms with Crippen molar-refractivity contribution in [2.24, 2.45) is 5.92 Å². The van der Waals surface area contributed by atoms with Gasteiger partial charge in [0.25, 0.3) is 0 Å². The molecule has 258 valence electrons. The summed E-state index contributed by atoms with van der Waals surface area (Å²) in [6, 6.07) is -0.122. The number of ether oxygens (including phenoxy) is 4. The number of nitrogens with one attached hydrogen (secondary N) is 1. The molecule has 0 bridgehead atoms. The van der Waals surface area contributed by atoms with Crippen molar-refractivity contribution in [3.8, 4) is 0 Å². The first-order valence-electron chi connectivity index (χ1n) is 17.4. The molecule has 0 saturated carbocycles. The second-order valence-corrected chi connectivity index (χ2v) is 13.8. The fraction of sp³-hybridized carbons (Fsp3) is 0.750. The van der Waals surface area contributed by atoms with Gasteiger partial charge in [0.15, 0.2) is 0 Å². The Morgan fingerprint density at radius 1 is 1.13 bits per heavy atom. The van der Waals surface area contributed by atoms with Gasteiger partial charge < -0.3 is 34.3 Å². The van der Waals surface area contributed by atoms with Gasteiger partial charge in [0.05, 0.1) is 31.0 Å². The first-order chi connectivity index (χ1) is 22.0. The number of epoxide rings is 1. The van der Waals surface area contributed by atoms with Gasteiger partial charge in [-0.25, -0.2) is 4.79 Å². The first-order valence-corrected chi connectivity index (χ1v) is 17.4. The number of rotatable bonds is 13. The van der Waals surface area contributed by atoms with E-state index in [0.717, 1.165) is 63.6 Å². The van der Waals surface area contributed by atoms with E-state index in [9.17, 15) is 19.5 Å². The summed E-state index contributed by atoms with van der Waals surface area (Å²) < 4.78 is 23.6. The number of aliphatic hydroxyl groups is 1. The number of likely N-dealkylation sites (tertiary alicyclic amines) is 1. The van der Waals surface area contributed by atoms with Crippen molar-refractivity contribution >= 4 is 17.8 Å². The largest absolute Gasteiger partial charge is 0.442 e. The van der Waals surface area contributed by atoms with Gasteiger partial charge in [0.1, 0.15) is 29.7 Å². The minimum Gasteiger partial charge on any atom is -0.442 e. The second kappa shape index (κ2) is 17.0. The lowest BCUT2D eigenvalue weighted by Crippen LogP contribution is -2.50. The summed E-state index contributed by atoms with van der Waals surface area (Å²) in [4.78, 5) is 39.1. The van der Waals surface area contributed by atoms with E-state index in [0.29, 0.717) is 25.9 Å². The molecular weight excluding hydrogens is 588 g/mol. The number of amides is 2. The van der Waals surface area contributed by atoms with Crippen molar-refractivity contribution in [2.75, 3.05) is 19.7 Å². The summed E-state index contributed by atoms with van der Waals surface area (Å²) in [6.45, 7) is 11.9. The van der Waals surface area contributed by atoms with Crippen LogP contribution in [-0.4, -0.2) is 95.8 Å². The number of aliphatic hydroxyl groups excluding tert-OH is 1. The number of allylic oxidation sites excluding steroid dienone is 2. The van der Waals surface area contributed by atoms with E-state index in [1.807, 2.05) is 26.0 Å². The van der Waals surface area contributed by atoms with E-state index < -0.39 is 23.9 Å². The minimum atomic E-state index is -0.763. The fourth-order valence-corrected chi connectivity index (χ4v) is 6.66. The van der Waals surface area contributed by atoms with Gasteiger partial charge in [-0.15, -0.1) is 0 Å². The molecule has 0 aromatic carbocycles. The molecule has 0 aromatic heterocycles. The molecule has 0 aliphatic carbocycles. The Hall–Kier alpha value is -2.53. The highest BCUT2D eigenvalue weighted by Crippen LogP contribution is 2.43. The molecule has 2 N–H and O–H groups in total. The number of carbonyl (C=O) groups excluding carboxylic acids is 3. The Labute approximate surface area is 274 Å². The number of Topliss-reactive ketones (excluding diaryl/α,β-unsaturated/α-hetero) is 1. The minimum absolute atomic E-state index is 0.00873. The van der Waals surface area contributed by atoms with Crippen LogP contribution in [0.25, 0.3) is 0 Å². The number of unbranched alkanes of at least 4 members (excludes halogenated alkanes) is 1. The van der Waals surface area contributed by atoms with Crippen LogP contribution in [0.4, 0.5) is 4.79 Å². The van der Waals surface area contributed by atoms with Crippen LogP contribution in [0.15, 0.2) is 36.0 Å². The fourth-order valence-electron chi connectivity index (χ4n) is 6.66. The molecule has 0 radical (unpaired) electrons. The molecule has 4 heterocycles. The SMILES string of the molecule is CCCCC(=O)C[C@@H]1C[C@@]2(CO2)[C@H](O)[C@@H](/C=C/C(C)=C/C[C@@H]2O[C@H](C)[C@H](NC(=O)/C=C\[C@H](C)OC(=O)N3CCCCC3)C[C@@H]2C)O1. The van der Waals surface area contributed by atoms with E-state index in [-0.39, 0.29) is 48.1 Å². The Kier molecular flexibility index (Phi) is 13.4. The Morgan fingerprint density at radius 2 is 1.87 bits per heavy atom. The smallest absolute Gasteiger partial charge is 0.410 e. The first kappa shape index (κ1) is 36.3. The summed E-state index contributed by atoms with van der Waals surface area (Å²) in [5, 5.41) is 14.0. The van der Waals surface area contributed by atoms with E-state index in [4.69, 9.17) is 18.9 Å². The zero-order valence-electron chi connectivity index (χ0n) is 28.5. The highest BCUT2D eigenvalue weighted by molar-refractivity contribution is 5.87. The van der Waals surface area contributed by atoms with Crippen molar-refractivity contribution in [3.05, 3.63) is 36.0 Å². The maximum absolute atomic E-state index is 12.7. The molecule has 46 heavy (non-hydrogen) atoms. The van der Waals surface area contributed by atoms with Gasteiger partial charge in [-0.2, -0.15) is 0 Å². The molecule has 4 aliphatic rings. The molecule has 4 saturated heterocycles. The molecule has 10 heteroatoms. The highest BCUT2D eigenvalue weighted by Gasteiger charge is 2.58. The predicted octanol–water partition coefficient (Wildman–Crippen LogP) is 5.18. The average molecular weight is 645 g/mol. The zero-order chi connectivity index (χ0) is 33.3. The molecule has 4 rings (SSSR count).